The van der Waals surface area contributed by atoms with E-state index in [1.807, 2.05) is 0 Å². The summed E-state index contributed by atoms with van der Waals surface area (Å²) in [4.78, 5) is 11.4. The Morgan fingerprint density at radius 1 is 0.950 bits per heavy atom. The first kappa shape index (κ1) is 16.7. The van der Waals surface area contributed by atoms with E-state index in [1.165, 1.54) is 18.4 Å². The summed E-state index contributed by atoms with van der Waals surface area (Å²) < 4.78 is 5.21. The minimum absolute atomic E-state index is 0.0252. The van der Waals surface area contributed by atoms with Crippen molar-refractivity contribution in [3.8, 4) is 0 Å². The van der Waals surface area contributed by atoms with Crippen molar-refractivity contribution in [2.45, 2.75) is 64.7 Å². The Labute approximate surface area is 123 Å². The average Bonchev–Trinajstić information content (AvgIpc) is 2.47. The number of carbonyl (C=O) groups excluding carboxylic acids is 1. The minimum Gasteiger partial charge on any atom is -0.466 e. The summed E-state index contributed by atoms with van der Waals surface area (Å²) in [5.41, 5.74) is 1.41. The lowest BCUT2D eigenvalue weighted by Gasteiger charge is -2.05. The van der Waals surface area contributed by atoms with Gasteiger partial charge in [-0.1, -0.05) is 62.9 Å². The van der Waals surface area contributed by atoms with Crippen LogP contribution in [0.25, 0.3) is 0 Å². The molecule has 0 aliphatic carbocycles. The molecule has 20 heavy (non-hydrogen) atoms. The monoisotopic (exact) mass is 276 g/mol. The second kappa shape index (κ2) is 11.5. The van der Waals surface area contributed by atoms with E-state index in [2.05, 4.69) is 37.3 Å². The van der Waals surface area contributed by atoms with Gasteiger partial charge in [-0.25, -0.2) is 0 Å². The number of benzene rings is 1. The van der Waals surface area contributed by atoms with E-state index in [9.17, 15) is 4.79 Å². The second-order valence-corrected chi connectivity index (χ2v) is 5.33. The molecule has 1 aromatic rings. The lowest BCUT2D eigenvalue weighted by molar-refractivity contribution is -0.143. The Morgan fingerprint density at radius 2 is 1.70 bits per heavy atom. The number of esters is 1. The maximum Gasteiger partial charge on any atom is 0.305 e. The van der Waals surface area contributed by atoms with Crippen molar-refractivity contribution < 1.29 is 9.53 Å². The number of aryl methyl sites for hydroxylation is 1. The van der Waals surface area contributed by atoms with Gasteiger partial charge in [0, 0.05) is 6.42 Å². The van der Waals surface area contributed by atoms with Gasteiger partial charge in [0.2, 0.25) is 0 Å². The Kier molecular flexibility index (Phi) is 9.64. The molecule has 1 rings (SSSR count). The van der Waals surface area contributed by atoms with Crippen LogP contribution in [0.4, 0.5) is 0 Å². The summed E-state index contributed by atoms with van der Waals surface area (Å²) >= 11 is 0. The molecule has 0 aromatic heterocycles. The van der Waals surface area contributed by atoms with Crippen LogP contribution in [0.2, 0.25) is 0 Å². The number of ether oxygens (including phenoxy) is 1. The second-order valence-electron chi connectivity index (χ2n) is 5.33. The Hall–Kier alpha value is -1.31. The van der Waals surface area contributed by atoms with Crippen molar-refractivity contribution in [2.75, 3.05) is 6.61 Å². The largest absolute Gasteiger partial charge is 0.466 e. The highest BCUT2D eigenvalue weighted by molar-refractivity contribution is 5.69. The zero-order valence-corrected chi connectivity index (χ0v) is 12.8. The number of rotatable bonds is 11. The molecule has 112 valence electrons. The standard InChI is InChI=1S/C18H28O2/c1-2-3-7-15-18(19)20-16-11-5-4-8-12-17-13-9-6-10-14-17/h6,9-10,13-14H,2-5,7-8,11-12,15-16H2,1H3. The highest BCUT2D eigenvalue weighted by atomic mass is 16.5. The normalized spacial score (nSPS) is 10.4. The van der Waals surface area contributed by atoms with Crippen LogP contribution in [0, 0.1) is 0 Å². The summed E-state index contributed by atoms with van der Waals surface area (Å²) in [7, 11) is 0. The molecule has 0 heterocycles. The van der Waals surface area contributed by atoms with Gasteiger partial charge in [-0.3, -0.25) is 4.79 Å². The molecular formula is C18H28O2. The zero-order valence-electron chi connectivity index (χ0n) is 12.8. The quantitative estimate of drug-likeness (QED) is 0.424. The molecule has 0 amide bonds. The van der Waals surface area contributed by atoms with Gasteiger partial charge < -0.3 is 4.74 Å². The molecule has 0 saturated carbocycles. The van der Waals surface area contributed by atoms with E-state index in [1.54, 1.807) is 0 Å². The van der Waals surface area contributed by atoms with E-state index >= 15 is 0 Å². The summed E-state index contributed by atoms with van der Waals surface area (Å²) in [5.74, 6) is -0.0252. The van der Waals surface area contributed by atoms with Crippen molar-refractivity contribution in [3.63, 3.8) is 0 Å². The first-order valence-electron chi connectivity index (χ1n) is 8.02. The Bertz CT molecular complexity index is 346. The molecule has 0 atom stereocenters. The third kappa shape index (κ3) is 8.73. The Morgan fingerprint density at radius 3 is 2.45 bits per heavy atom. The third-order valence-corrected chi connectivity index (χ3v) is 3.45. The Balaban J connectivity index is 1.88. The van der Waals surface area contributed by atoms with E-state index in [0.717, 1.165) is 38.5 Å². The summed E-state index contributed by atoms with van der Waals surface area (Å²) in [5, 5.41) is 0. The third-order valence-electron chi connectivity index (χ3n) is 3.45. The maximum atomic E-state index is 11.4. The van der Waals surface area contributed by atoms with E-state index in [4.69, 9.17) is 4.74 Å². The average molecular weight is 276 g/mol. The molecule has 0 aliphatic heterocycles. The van der Waals surface area contributed by atoms with Gasteiger partial charge in [0.05, 0.1) is 6.61 Å². The summed E-state index contributed by atoms with van der Waals surface area (Å²) in [6.07, 6.45) is 9.54. The van der Waals surface area contributed by atoms with Gasteiger partial charge in [0.25, 0.3) is 0 Å². The first-order chi connectivity index (χ1) is 9.83. The number of carbonyl (C=O) groups is 1. The number of hydrogen-bond acceptors (Lipinski definition) is 2. The van der Waals surface area contributed by atoms with Crippen molar-refractivity contribution in [1.29, 1.82) is 0 Å². The molecule has 0 unspecified atom stereocenters. The molecule has 0 aliphatic rings. The highest BCUT2D eigenvalue weighted by Gasteiger charge is 2.01. The van der Waals surface area contributed by atoms with Crippen LogP contribution in [0.15, 0.2) is 30.3 Å². The topological polar surface area (TPSA) is 26.3 Å². The van der Waals surface area contributed by atoms with E-state index in [-0.39, 0.29) is 5.97 Å². The van der Waals surface area contributed by atoms with Crippen molar-refractivity contribution >= 4 is 5.97 Å². The van der Waals surface area contributed by atoms with Crippen molar-refractivity contribution in [1.82, 2.24) is 0 Å². The van der Waals surface area contributed by atoms with Crippen LogP contribution in [0.5, 0.6) is 0 Å². The molecule has 2 heteroatoms. The van der Waals surface area contributed by atoms with Gasteiger partial charge in [-0.2, -0.15) is 0 Å². The van der Waals surface area contributed by atoms with Gasteiger partial charge in [-0.15, -0.1) is 0 Å². The summed E-state index contributed by atoms with van der Waals surface area (Å²) in [6.45, 7) is 2.73. The number of hydrogen-bond donors (Lipinski definition) is 0. The van der Waals surface area contributed by atoms with E-state index < -0.39 is 0 Å². The van der Waals surface area contributed by atoms with Crippen LogP contribution >= 0.6 is 0 Å². The smallest absolute Gasteiger partial charge is 0.305 e. The van der Waals surface area contributed by atoms with Crippen LogP contribution in [-0.4, -0.2) is 12.6 Å². The first-order valence-corrected chi connectivity index (χ1v) is 8.02. The van der Waals surface area contributed by atoms with Crippen molar-refractivity contribution in [2.24, 2.45) is 0 Å². The molecule has 0 bridgehead atoms. The lowest BCUT2D eigenvalue weighted by Crippen LogP contribution is -2.05. The molecule has 0 fully saturated rings. The van der Waals surface area contributed by atoms with Gasteiger partial charge in [0.15, 0.2) is 0 Å². The van der Waals surface area contributed by atoms with Crippen LogP contribution in [0.3, 0.4) is 0 Å². The summed E-state index contributed by atoms with van der Waals surface area (Å²) in [6, 6.07) is 10.6. The molecule has 0 saturated heterocycles. The molecule has 0 radical (unpaired) electrons. The van der Waals surface area contributed by atoms with Crippen molar-refractivity contribution in [3.05, 3.63) is 35.9 Å². The van der Waals surface area contributed by atoms with E-state index in [0.29, 0.717) is 13.0 Å². The fourth-order valence-corrected chi connectivity index (χ4v) is 2.21. The predicted octanol–water partition coefficient (Wildman–Crippen LogP) is 4.91. The molecule has 0 N–H and O–H groups in total. The van der Waals surface area contributed by atoms with Gasteiger partial charge in [-0.05, 0) is 31.2 Å². The zero-order chi connectivity index (χ0) is 14.5. The van der Waals surface area contributed by atoms with Crippen LogP contribution in [-0.2, 0) is 16.0 Å². The van der Waals surface area contributed by atoms with Crippen LogP contribution < -0.4 is 0 Å². The highest BCUT2D eigenvalue weighted by Crippen LogP contribution is 2.08. The maximum absolute atomic E-state index is 11.4. The fourth-order valence-electron chi connectivity index (χ4n) is 2.21. The number of unbranched alkanes of at least 4 members (excludes halogenated alkanes) is 5. The van der Waals surface area contributed by atoms with Gasteiger partial charge in [0.1, 0.15) is 0 Å². The molecular weight excluding hydrogens is 248 g/mol. The fraction of sp³-hybridized carbons (Fsp3) is 0.611. The minimum atomic E-state index is -0.0252. The SMILES string of the molecule is CCCCCC(=O)OCCCCCCc1ccccc1. The molecule has 1 aromatic carbocycles. The lowest BCUT2D eigenvalue weighted by atomic mass is 10.1. The molecule has 0 spiro atoms. The predicted molar refractivity (Wildman–Crippen MR) is 83.7 cm³/mol. The molecule has 2 nitrogen and oxygen atoms in total. The van der Waals surface area contributed by atoms with Gasteiger partial charge >= 0.3 is 5.97 Å². The van der Waals surface area contributed by atoms with Crippen LogP contribution in [0.1, 0.15) is 63.9 Å².